The van der Waals surface area contributed by atoms with Crippen LogP contribution in [0.3, 0.4) is 0 Å². The van der Waals surface area contributed by atoms with Gasteiger partial charge in [0.2, 0.25) is 0 Å². The van der Waals surface area contributed by atoms with Crippen molar-refractivity contribution < 1.29 is 14.6 Å². The lowest BCUT2D eigenvalue weighted by Gasteiger charge is -2.16. The van der Waals surface area contributed by atoms with E-state index in [9.17, 15) is 5.11 Å². The van der Waals surface area contributed by atoms with Crippen LogP contribution in [0.25, 0.3) is 0 Å². The summed E-state index contributed by atoms with van der Waals surface area (Å²) in [7, 11) is 0. The van der Waals surface area contributed by atoms with Gasteiger partial charge >= 0.3 is 0 Å². The van der Waals surface area contributed by atoms with Crippen LogP contribution >= 0.6 is 0 Å². The van der Waals surface area contributed by atoms with Crippen molar-refractivity contribution in [3.63, 3.8) is 0 Å². The Morgan fingerprint density at radius 2 is 1.65 bits per heavy atom. The predicted octanol–water partition coefficient (Wildman–Crippen LogP) is 2.42. The molecule has 3 N–H and O–H groups in total. The molecule has 1 unspecified atom stereocenters. The predicted molar refractivity (Wildman–Crippen MR) is 75.8 cm³/mol. The fourth-order valence-corrected chi connectivity index (χ4v) is 2.43. The molecule has 104 valence electrons. The van der Waals surface area contributed by atoms with Crippen LogP contribution in [-0.4, -0.2) is 17.8 Å². The molecular formula is C16H17NO3. The van der Waals surface area contributed by atoms with Crippen molar-refractivity contribution in [3.05, 3.63) is 65.7 Å². The van der Waals surface area contributed by atoms with Gasteiger partial charge in [0, 0.05) is 16.8 Å². The molecule has 3 rings (SSSR count). The Labute approximate surface area is 117 Å². The van der Waals surface area contributed by atoms with Crippen molar-refractivity contribution in [1.82, 2.24) is 0 Å². The van der Waals surface area contributed by atoms with Crippen LogP contribution < -0.4 is 5.73 Å². The molecule has 0 saturated carbocycles. The molecule has 1 aliphatic rings. The van der Waals surface area contributed by atoms with Gasteiger partial charge in [-0.05, 0) is 6.07 Å². The smallest absolute Gasteiger partial charge is 0.185 e. The Bertz CT molecular complexity index is 573. The third-order valence-electron chi connectivity index (χ3n) is 3.46. The van der Waals surface area contributed by atoms with Gasteiger partial charge in [-0.15, -0.1) is 0 Å². The molecule has 1 heterocycles. The molecule has 2 aromatic carbocycles. The van der Waals surface area contributed by atoms with E-state index >= 15 is 0 Å². The van der Waals surface area contributed by atoms with Gasteiger partial charge in [0.15, 0.2) is 6.29 Å². The largest absolute Gasteiger partial charge is 0.398 e. The molecule has 20 heavy (non-hydrogen) atoms. The number of aliphatic hydroxyl groups is 1. The summed E-state index contributed by atoms with van der Waals surface area (Å²) in [6.45, 7) is -0.109. The van der Waals surface area contributed by atoms with Crippen molar-refractivity contribution in [2.45, 2.75) is 18.5 Å². The van der Waals surface area contributed by atoms with Crippen LogP contribution in [0.4, 0.5) is 5.69 Å². The van der Waals surface area contributed by atoms with Gasteiger partial charge in [0.1, 0.15) is 12.2 Å². The van der Waals surface area contributed by atoms with Crippen LogP contribution in [0.2, 0.25) is 0 Å². The first kappa shape index (κ1) is 13.1. The number of anilines is 1. The molecule has 1 fully saturated rings. The number of nitrogen functional groups attached to an aromatic ring is 1. The van der Waals surface area contributed by atoms with Crippen LogP contribution in [0.15, 0.2) is 54.6 Å². The van der Waals surface area contributed by atoms with Gasteiger partial charge in [-0.2, -0.15) is 0 Å². The highest BCUT2D eigenvalue weighted by atomic mass is 16.7. The van der Waals surface area contributed by atoms with Gasteiger partial charge in [0.25, 0.3) is 0 Å². The fourth-order valence-electron chi connectivity index (χ4n) is 2.43. The van der Waals surface area contributed by atoms with E-state index in [0.29, 0.717) is 5.69 Å². The molecule has 1 saturated heterocycles. The Kier molecular flexibility index (Phi) is 3.69. The lowest BCUT2D eigenvalue weighted by atomic mass is 10.0. The average Bonchev–Trinajstić information content (AvgIpc) is 2.93. The molecule has 0 spiro atoms. The van der Waals surface area contributed by atoms with E-state index in [1.165, 1.54) is 0 Å². The minimum absolute atomic E-state index is 0.109. The summed E-state index contributed by atoms with van der Waals surface area (Å²) in [4.78, 5) is 0. The van der Waals surface area contributed by atoms with Crippen molar-refractivity contribution >= 4 is 5.69 Å². The topological polar surface area (TPSA) is 64.7 Å². The van der Waals surface area contributed by atoms with Crippen molar-refractivity contribution in [2.24, 2.45) is 0 Å². The molecular weight excluding hydrogens is 254 g/mol. The minimum atomic E-state index is -0.474. The van der Waals surface area contributed by atoms with Gasteiger partial charge in [-0.1, -0.05) is 48.5 Å². The highest BCUT2D eigenvalue weighted by Crippen LogP contribution is 2.41. The number of aliphatic hydroxyl groups excluding tert-OH is 1. The van der Waals surface area contributed by atoms with Gasteiger partial charge < -0.3 is 20.3 Å². The summed E-state index contributed by atoms with van der Waals surface area (Å²) in [5, 5.41) is 9.51. The first-order chi connectivity index (χ1) is 9.79. The third-order valence-corrected chi connectivity index (χ3v) is 3.46. The Hall–Kier alpha value is -1.88. The zero-order valence-electron chi connectivity index (χ0n) is 11.0. The summed E-state index contributed by atoms with van der Waals surface area (Å²) >= 11 is 0. The van der Waals surface area contributed by atoms with E-state index in [2.05, 4.69) is 0 Å². The lowest BCUT2D eigenvalue weighted by Crippen LogP contribution is -2.20. The number of hydrogen-bond donors (Lipinski definition) is 2. The second-order valence-electron chi connectivity index (χ2n) is 4.79. The third kappa shape index (κ3) is 2.41. The van der Waals surface area contributed by atoms with Crippen LogP contribution in [0.1, 0.15) is 23.5 Å². The second-order valence-corrected chi connectivity index (χ2v) is 4.79. The second kappa shape index (κ2) is 5.63. The normalized spacial score (nSPS) is 25.8. The highest BCUT2D eigenvalue weighted by molar-refractivity contribution is 5.48. The number of nitrogens with two attached hydrogens (primary N) is 1. The quantitative estimate of drug-likeness (QED) is 0.841. The molecule has 0 bridgehead atoms. The van der Waals surface area contributed by atoms with E-state index in [1.54, 1.807) is 0 Å². The molecule has 1 aliphatic heterocycles. The van der Waals surface area contributed by atoms with Crippen molar-refractivity contribution in [3.8, 4) is 0 Å². The molecule has 4 nitrogen and oxygen atoms in total. The zero-order valence-corrected chi connectivity index (χ0v) is 11.0. The van der Waals surface area contributed by atoms with E-state index in [4.69, 9.17) is 15.2 Å². The van der Waals surface area contributed by atoms with E-state index in [0.717, 1.165) is 11.1 Å². The summed E-state index contributed by atoms with van der Waals surface area (Å²) < 4.78 is 11.7. The van der Waals surface area contributed by atoms with E-state index in [-0.39, 0.29) is 12.7 Å². The monoisotopic (exact) mass is 271 g/mol. The number of hydrogen-bond acceptors (Lipinski definition) is 4. The molecule has 2 aromatic rings. The molecule has 0 aliphatic carbocycles. The minimum Gasteiger partial charge on any atom is -0.398 e. The average molecular weight is 271 g/mol. The Morgan fingerprint density at radius 3 is 2.35 bits per heavy atom. The maximum absolute atomic E-state index is 9.51. The fraction of sp³-hybridized carbons (Fsp3) is 0.250. The van der Waals surface area contributed by atoms with Gasteiger partial charge in [-0.25, -0.2) is 0 Å². The number of rotatable bonds is 3. The van der Waals surface area contributed by atoms with E-state index < -0.39 is 12.4 Å². The number of benzene rings is 2. The van der Waals surface area contributed by atoms with Crippen LogP contribution in [0, 0.1) is 0 Å². The molecule has 4 heteroatoms. The Balaban J connectivity index is 1.87. The molecule has 0 amide bonds. The molecule has 0 aromatic heterocycles. The SMILES string of the molecule is Nc1ccccc1[C@H]1OC(c2ccccc2)O[C@@H]1CO. The zero-order chi connectivity index (χ0) is 13.9. The van der Waals surface area contributed by atoms with Crippen molar-refractivity contribution in [2.75, 3.05) is 12.3 Å². The maximum Gasteiger partial charge on any atom is 0.185 e. The van der Waals surface area contributed by atoms with Gasteiger partial charge in [0.05, 0.1) is 6.61 Å². The lowest BCUT2D eigenvalue weighted by molar-refractivity contribution is -0.0739. The Morgan fingerprint density at radius 1 is 0.950 bits per heavy atom. The highest BCUT2D eigenvalue weighted by Gasteiger charge is 2.38. The maximum atomic E-state index is 9.51. The summed E-state index contributed by atoms with van der Waals surface area (Å²) in [6.07, 6.45) is -1.24. The molecule has 0 radical (unpaired) electrons. The van der Waals surface area contributed by atoms with E-state index in [1.807, 2.05) is 54.6 Å². The van der Waals surface area contributed by atoms with Crippen LogP contribution in [0.5, 0.6) is 0 Å². The summed E-state index contributed by atoms with van der Waals surface area (Å²) in [6, 6.07) is 17.2. The van der Waals surface area contributed by atoms with Crippen molar-refractivity contribution in [1.29, 1.82) is 0 Å². The summed E-state index contributed by atoms with van der Waals surface area (Å²) in [5.74, 6) is 0. The number of ether oxygens (including phenoxy) is 2. The standard InChI is InChI=1S/C16H17NO3/c17-13-9-5-4-8-12(13)15-14(10-18)19-16(20-15)11-6-2-1-3-7-11/h1-9,14-16,18H,10,17H2/t14-,15-,16?/m1/s1. The van der Waals surface area contributed by atoms with Crippen LogP contribution in [-0.2, 0) is 9.47 Å². The molecule has 3 atom stereocenters. The summed E-state index contributed by atoms with van der Waals surface area (Å²) in [5.41, 5.74) is 8.42. The first-order valence-corrected chi connectivity index (χ1v) is 6.60. The van der Waals surface area contributed by atoms with Gasteiger partial charge in [-0.3, -0.25) is 0 Å². The number of para-hydroxylation sites is 1. The first-order valence-electron chi connectivity index (χ1n) is 6.60.